The molecule has 1 aromatic heterocycles. The van der Waals surface area contributed by atoms with Crippen LogP contribution in [-0.4, -0.2) is 48.1 Å². The summed E-state index contributed by atoms with van der Waals surface area (Å²) in [6.07, 6.45) is 7.13. The summed E-state index contributed by atoms with van der Waals surface area (Å²) in [6, 6.07) is 7.05. The Morgan fingerprint density at radius 2 is 1.96 bits per heavy atom. The lowest BCUT2D eigenvalue weighted by Crippen LogP contribution is -2.53. The smallest absolute Gasteiger partial charge is 0.317 e. The van der Waals surface area contributed by atoms with E-state index in [1.807, 2.05) is 4.90 Å². The molecule has 0 unspecified atom stereocenters. The molecule has 2 heterocycles. The first kappa shape index (κ1) is 17.6. The van der Waals surface area contributed by atoms with Gasteiger partial charge < -0.3 is 15.1 Å². The van der Waals surface area contributed by atoms with Gasteiger partial charge in [0.2, 0.25) is 0 Å². The number of hydrogen-bond acceptors (Lipinski definition) is 4. The first-order valence-corrected chi connectivity index (χ1v) is 10.7. The van der Waals surface area contributed by atoms with E-state index in [1.54, 1.807) is 11.3 Å². The molecule has 4 rings (SSSR count). The van der Waals surface area contributed by atoms with E-state index in [4.69, 9.17) is 4.98 Å². The number of carbonyl (C=O) groups is 1. The van der Waals surface area contributed by atoms with Gasteiger partial charge in [-0.25, -0.2) is 9.78 Å². The lowest BCUT2D eigenvalue weighted by atomic mass is 9.96. The number of amides is 2. The van der Waals surface area contributed by atoms with E-state index in [0.717, 1.165) is 56.1 Å². The summed E-state index contributed by atoms with van der Waals surface area (Å²) in [4.78, 5) is 21.6. The topological polar surface area (TPSA) is 48.5 Å². The highest BCUT2D eigenvalue weighted by Crippen LogP contribution is 2.30. The fourth-order valence-electron chi connectivity index (χ4n) is 3.93. The van der Waals surface area contributed by atoms with E-state index in [1.165, 1.54) is 29.5 Å². The summed E-state index contributed by atoms with van der Waals surface area (Å²) in [7, 11) is 0. The third kappa shape index (κ3) is 3.80. The lowest BCUT2D eigenvalue weighted by Gasteiger charge is -2.35. The second-order valence-electron chi connectivity index (χ2n) is 7.41. The molecule has 26 heavy (non-hydrogen) atoms. The quantitative estimate of drug-likeness (QED) is 0.885. The van der Waals surface area contributed by atoms with Crippen LogP contribution in [0.2, 0.25) is 0 Å². The van der Waals surface area contributed by atoms with Gasteiger partial charge in [-0.05, 0) is 37.0 Å². The number of thiazole rings is 1. The van der Waals surface area contributed by atoms with Crippen LogP contribution in [0.5, 0.6) is 0 Å². The van der Waals surface area contributed by atoms with Gasteiger partial charge in [0.1, 0.15) is 0 Å². The zero-order chi connectivity index (χ0) is 17.9. The van der Waals surface area contributed by atoms with Crippen molar-refractivity contribution in [3.63, 3.8) is 0 Å². The number of fused-ring (bicyclic) bond motifs is 1. The number of carbonyl (C=O) groups excluding carboxylic acids is 1. The number of piperazine rings is 1. The molecular formula is C20H28N4OS. The van der Waals surface area contributed by atoms with Crippen molar-refractivity contribution in [3.05, 3.63) is 23.8 Å². The predicted molar refractivity (Wildman–Crippen MR) is 108 cm³/mol. The molecule has 6 heteroatoms. The average Bonchev–Trinajstić information content (AvgIpc) is 3.12. The summed E-state index contributed by atoms with van der Waals surface area (Å²) in [5.41, 5.74) is 2.44. The molecule has 1 saturated carbocycles. The molecule has 0 atom stereocenters. The van der Waals surface area contributed by atoms with Gasteiger partial charge in [-0.15, -0.1) is 0 Å². The van der Waals surface area contributed by atoms with Gasteiger partial charge in [0, 0.05) is 32.2 Å². The van der Waals surface area contributed by atoms with E-state index in [0.29, 0.717) is 6.04 Å². The number of nitrogens with one attached hydrogen (secondary N) is 1. The molecule has 1 aromatic carbocycles. The van der Waals surface area contributed by atoms with E-state index in [-0.39, 0.29) is 6.03 Å². The van der Waals surface area contributed by atoms with Gasteiger partial charge in [0.05, 0.1) is 10.2 Å². The Kier molecular flexibility index (Phi) is 5.29. The van der Waals surface area contributed by atoms with Crippen LogP contribution in [0.15, 0.2) is 18.2 Å². The maximum Gasteiger partial charge on any atom is 0.317 e. The molecule has 0 radical (unpaired) electrons. The Balaban J connectivity index is 1.35. The Morgan fingerprint density at radius 1 is 1.19 bits per heavy atom. The summed E-state index contributed by atoms with van der Waals surface area (Å²) >= 11 is 1.77. The van der Waals surface area contributed by atoms with Crippen LogP contribution >= 0.6 is 11.3 Å². The number of aryl methyl sites for hydroxylation is 1. The van der Waals surface area contributed by atoms with Crippen molar-refractivity contribution >= 4 is 32.7 Å². The van der Waals surface area contributed by atoms with Gasteiger partial charge in [-0.2, -0.15) is 0 Å². The highest BCUT2D eigenvalue weighted by atomic mass is 32.1. The van der Waals surface area contributed by atoms with Crippen molar-refractivity contribution in [2.75, 3.05) is 31.1 Å². The van der Waals surface area contributed by atoms with E-state index >= 15 is 0 Å². The number of anilines is 1. The highest BCUT2D eigenvalue weighted by molar-refractivity contribution is 7.22. The molecule has 1 N–H and O–H groups in total. The second kappa shape index (κ2) is 7.82. The van der Waals surface area contributed by atoms with Crippen molar-refractivity contribution in [1.82, 2.24) is 15.2 Å². The molecule has 0 spiro atoms. The van der Waals surface area contributed by atoms with Crippen molar-refractivity contribution in [2.24, 2.45) is 0 Å². The lowest BCUT2D eigenvalue weighted by molar-refractivity contribution is 0.186. The second-order valence-corrected chi connectivity index (χ2v) is 8.42. The molecule has 5 nitrogen and oxygen atoms in total. The number of aromatic nitrogens is 1. The molecule has 1 aliphatic heterocycles. The molecular weight excluding hydrogens is 344 g/mol. The van der Waals surface area contributed by atoms with Crippen molar-refractivity contribution in [1.29, 1.82) is 0 Å². The maximum atomic E-state index is 12.5. The third-order valence-electron chi connectivity index (χ3n) is 5.62. The molecule has 1 saturated heterocycles. The molecule has 2 amide bonds. The summed E-state index contributed by atoms with van der Waals surface area (Å²) in [6.45, 7) is 5.45. The monoisotopic (exact) mass is 372 g/mol. The molecule has 0 bridgehead atoms. The van der Waals surface area contributed by atoms with E-state index < -0.39 is 0 Å². The summed E-state index contributed by atoms with van der Waals surface area (Å²) in [5.74, 6) is 0. The van der Waals surface area contributed by atoms with Gasteiger partial charge >= 0.3 is 6.03 Å². The van der Waals surface area contributed by atoms with Crippen molar-refractivity contribution in [2.45, 2.75) is 51.5 Å². The van der Waals surface area contributed by atoms with Crippen molar-refractivity contribution in [3.8, 4) is 0 Å². The Morgan fingerprint density at radius 3 is 2.69 bits per heavy atom. The van der Waals surface area contributed by atoms with Gasteiger partial charge in [0.15, 0.2) is 5.13 Å². The number of benzene rings is 1. The summed E-state index contributed by atoms with van der Waals surface area (Å²) in [5, 5.41) is 4.32. The predicted octanol–water partition coefficient (Wildman–Crippen LogP) is 4.02. The largest absolute Gasteiger partial charge is 0.345 e. The number of urea groups is 1. The first-order valence-electron chi connectivity index (χ1n) is 9.93. The van der Waals surface area contributed by atoms with Gasteiger partial charge in [0.25, 0.3) is 0 Å². The Hall–Kier alpha value is -1.82. The zero-order valence-corrected chi connectivity index (χ0v) is 16.4. The SMILES string of the molecule is CCc1ccc2nc(N3CCN(C(=O)NC4CCCCC4)CC3)sc2c1. The average molecular weight is 373 g/mol. The third-order valence-corrected chi connectivity index (χ3v) is 6.70. The first-order chi connectivity index (χ1) is 12.7. The maximum absolute atomic E-state index is 12.5. The minimum atomic E-state index is 0.119. The number of hydrogen-bond donors (Lipinski definition) is 1. The fraction of sp³-hybridized carbons (Fsp3) is 0.600. The minimum Gasteiger partial charge on any atom is -0.345 e. The molecule has 2 aromatic rings. The minimum absolute atomic E-state index is 0.119. The van der Waals surface area contributed by atoms with E-state index in [9.17, 15) is 4.79 Å². The summed E-state index contributed by atoms with van der Waals surface area (Å²) < 4.78 is 1.26. The molecule has 2 aliphatic rings. The molecule has 1 aliphatic carbocycles. The van der Waals surface area contributed by atoms with Crippen LogP contribution in [0.1, 0.15) is 44.6 Å². The van der Waals surface area contributed by atoms with E-state index in [2.05, 4.69) is 35.3 Å². The van der Waals surface area contributed by atoms with Gasteiger partial charge in [-0.1, -0.05) is 43.6 Å². The van der Waals surface area contributed by atoms with Crippen LogP contribution in [0.25, 0.3) is 10.2 Å². The Bertz CT molecular complexity index is 760. The fourth-order valence-corrected chi connectivity index (χ4v) is 5.01. The van der Waals surface area contributed by atoms with Gasteiger partial charge in [-0.3, -0.25) is 0 Å². The van der Waals surface area contributed by atoms with Crippen LogP contribution in [0, 0.1) is 0 Å². The highest BCUT2D eigenvalue weighted by Gasteiger charge is 2.25. The number of nitrogens with zero attached hydrogens (tertiary/aromatic N) is 3. The van der Waals surface area contributed by atoms with Crippen LogP contribution < -0.4 is 10.2 Å². The molecule has 140 valence electrons. The standard InChI is InChI=1S/C20H28N4OS/c1-2-15-8-9-17-18(14-15)26-20(22-17)24-12-10-23(11-13-24)19(25)21-16-6-4-3-5-7-16/h8-9,14,16H,2-7,10-13H2,1H3,(H,21,25). The number of rotatable bonds is 3. The van der Waals surface area contributed by atoms with Crippen LogP contribution in [0.4, 0.5) is 9.93 Å². The zero-order valence-electron chi connectivity index (χ0n) is 15.5. The van der Waals surface area contributed by atoms with Crippen LogP contribution in [0.3, 0.4) is 0 Å². The van der Waals surface area contributed by atoms with Crippen molar-refractivity contribution < 1.29 is 4.79 Å². The Labute approximate surface area is 159 Å². The normalized spacial score (nSPS) is 19.1. The molecule has 2 fully saturated rings. The van der Waals surface area contributed by atoms with Crippen LogP contribution in [-0.2, 0) is 6.42 Å².